The molecule has 1 aromatic carbocycles. The molecule has 8 nitrogen and oxygen atoms in total. The molecule has 3 aliphatic rings. The van der Waals surface area contributed by atoms with E-state index in [0.717, 1.165) is 12.0 Å². The van der Waals surface area contributed by atoms with Gasteiger partial charge in [-0.3, -0.25) is 14.4 Å². The van der Waals surface area contributed by atoms with Gasteiger partial charge in [-0.05, 0) is 37.8 Å². The molecule has 0 radical (unpaired) electrons. The minimum Gasteiger partial charge on any atom is -0.395 e. The van der Waals surface area contributed by atoms with Crippen LogP contribution in [0.2, 0.25) is 5.02 Å². The molecule has 3 heterocycles. The summed E-state index contributed by atoms with van der Waals surface area (Å²) in [6.07, 6.45) is 1.51. The molecule has 3 amide bonds. The molecular formula is C22H28ClN3O5. The molecule has 3 N–H and O–H groups in total. The minimum absolute atomic E-state index is 0.00595. The summed E-state index contributed by atoms with van der Waals surface area (Å²) in [4.78, 5) is 41.1. The van der Waals surface area contributed by atoms with Crippen LogP contribution in [0.25, 0.3) is 0 Å². The second-order valence-corrected chi connectivity index (χ2v) is 8.93. The van der Waals surface area contributed by atoms with Gasteiger partial charge < -0.3 is 25.4 Å². The maximum atomic E-state index is 13.5. The highest BCUT2D eigenvalue weighted by Crippen LogP contribution is 2.58. The summed E-state index contributed by atoms with van der Waals surface area (Å²) >= 11 is 6.29. The van der Waals surface area contributed by atoms with E-state index < -0.39 is 29.4 Å². The molecule has 0 saturated carbocycles. The molecule has 3 fully saturated rings. The van der Waals surface area contributed by atoms with Crippen LogP contribution in [0.3, 0.4) is 0 Å². The Bertz CT molecular complexity index is 889. The number of likely N-dealkylation sites (tertiary alicyclic amines) is 1. The monoisotopic (exact) mass is 449 g/mol. The summed E-state index contributed by atoms with van der Waals surface area (Å²) in [5.41, 5.74) is 0.196. The van der Waals surface area contributed by atoms with E-state index in [1.807, 2.05) is 19.9 Å². The number of β-amino-alcohol motifs (C(OH)–C–C–N with tert-alkyl or cyclic N) is 1. The molecule has 1 spiro atoms. The molecule has 1 aromatic rings. The van der Waals surface area contributed by atoms with Crippen molar-refractivity contribution < 1.29 is 24.2 Å². The molecule has 31 heavy (non-hydrogen) atoms. The Hall–Kier alpha value is -2.16. The number of para-hydroxylation sites is 1. The lowest BCUT2D eigenvalue weighted by Gasteiger charge is -2.33. The number of aliphatic hydroxyl groups excluding tert-OH is 1. The van der Waals surface area contributed by atoms with Crippen LogP contribution < -0.4 is 10.6 Å². The van der Waals surface area contributed by atoms with Gasteiger partial charge in [-0.2, -0.15) is 0 Å². The van der Waals surface area contributed by atoms with Crippen LogP contribution in [0.4, 0.5) is 5.69 Å². The number of rotatable bonds is 7. The summed E-state index contributed by atoms with van der Waals surface area (Å²) in [5.74, 6) is -2.31. The van der Waals surface area contributed by atoms with E-state index >= 15 is 0 Å². The SMILES string of the molecule is CCCNC(=O)[C@@H]1[C@@H]2CCC3(O2)C(C(=O)Nc2c(C)cccc2Cl)N(CCO)C(=O)[C@H]13. The van der Waals surface area contributed by atoms with Crippen molar-refractivity contribution in [2.24, 2.45) is 11.8 Å². The summed E-state index contributed by atoms with van der Waals surface area (Å²) in [6, 6.07) is 4.37. The van der Waals surface area contributed by atoms with E-state index in [1.165, 1.54) is 4.90 Å². The van der Waals surface area contributed by atoms with E-state index in [9.17, 15) is 19.5 Å². The highest BCUT2D eigenvalue weighted by Gasteiger charge is 2.74. The van der Waals surface area contributed by atoms with Crippen LogP contribution in [0.15, 0.2) is 18.2 Å². The fourth-order valence-electron chi connectivity index (χ4n) is 5.45. The summed E-state index contributed by atoms with van der Waals surface area (Å²) in [5, 5.41) is 15.7. The number of carbonyl (C=O) groups excluding carboxylic acids is 3. The zero-order valence-electron chi connectivity index (χ0n) is 17.7. The second-order valence-electron chi connectivity index (χ2n) is 8.52. The molecular weight excluding hydrogens is 422 g/mol. The van der Waals surface area contributed by atoms with Gasteiger partial charge >= 0.3 is 0 Å². The van der Waals surface area contributed by atoms with E-state index in [0.29, 0.717) is 30.1 Å². The quantitative estimate of drug-likeness (QED) is 0.584. The molecule has 4 rings (SSSR count). The van der Waals surface area contributed by atoms with Gasteiger partial charge in [0.2, 0.25) is 17.7 Å². The highest BCUT2D eigenvalue weighted by atomic mass is 35.5. The van der Waals surface area contributed by atoms with Crippen molar-refractivity contribution in [1.29, 1.82) is 0 Å². The first kappa shape index (κ1) is 22.0. The first-order chi connectivity index (χ1) is 14.9. The Morgan fingerprint density at radius 2 is 2.13 bits per heavy atom. The number of anilines is 1. The topological polar surface area (TPSA) is 108 Å². The number of nitrogens with zero attached hydrogens (tertiary/aromatic N) is 1. The Morgan fingerprint density at radius 1 is 1.35 bits per heavy atom. The normalized spacial score (nSPS) is 31.1. The van der Waals surface area contributed by atoms with Crippen LogP contribution in [0, 0.1) is 18.8 Å². The zero-order chi connectivity index (χ0) is 22.3. The summed E-state index contributed by atoms with van der Waals surface area (Å²) in [6.45, 7) is 4.01. The smallest absolute Gasteiger partial charge is 0.250 e. The number of benzene rings is 1. The number of ether oxygens (including phenoxy) is 1. The molecule has 2 unspecified atom stereocenters. The van der Waals surface area contributed by atoms with Crippen molar-refractivity contribution in [3.8, 4) is 0 Å². The largest absolute Gasteiger partial charge is 0.395 e. The highest BCUT2D eigenvalue weighted by molar-refractivity contribution is 6.34. The van der Waals surface area contributed by atoms with Crippen molar-refractivity contribution in [3.63, 3.8) is 0 Å². The maximum absolute atomic E-state index is 13.5. The number of nitrogens with one attached hydrogen (secondary N) is 2. The van der Waals surface area contributed by atoms with Crippen molar-refractivity contribution >= 4 is 35.0 Å². The molecule has 5 atom stereocenters. The van der Waals surface area contributed by atoms with Gasteiger partial charge in [-0.1, -0.05) is 30.7 Å². The van der Waals surface area contributed by atoms with E-state index in [-0.39, 0.29) is 31.1 Å². The fourth-order valence-corrected chi connectivity index (χ4v) is 5.72. The Morgan fingerprint density at radius 3 is 2.81 bits per heavy atom. The number of hydrogen-bond donors (Lipinski definition) is 3. The van der Waals surface area contributed by atoms with E-state index in [2.05, 4.69) is 10.6 Å². The minimum atomic E-state index is -1.08. The van der Waals surface area contributed by atoms with Crippen molar-refractivity contribution in [1.82, 2.24) is 10.2 Å². The van der Waals surface area contributed by atoms with E-state index in [4.69, 9.17) is 16.3 Å². The molecule has 9 heteroatoms. The molecule has 3 aliphatic heterocycles. The van der Waals surface area contributed by atoms with Crippen molar-refractivity contribution in [2.45, 2.75) is 50.9 Å². The molecule has 168 valence electrons. The summed E-state index contributed by atoms with van der Waals surface area (Å²) < 4.78 is 6.28. The predicted molar refractivity (Wildman–Crippen MR) is 115 cm³/mol. The number of aryl methyl sites for hydroxylation is 1. The summed E-state index contributed by atoms with van der Waals surface area (Å²) in [7, 11) is 0. The number of fused-ring (bicyclic) bond motifs is 1. The third-order valence-corrected chi connectivity index (χ3v) is 7.03. The number of aliphatic hydroxyl groups is 1. The van der Waals surface area contributed by atoms with Gasteiger partial charge in [0.1, 0.15) is 11.6 Å². The first-order valence-electron chi connectivity index (χ1n) is 10.8. The van der Waals surface area contributed by atoms with Crippen LogP contribution in [-0.2, 0) is 19.1 Å². The van der Waals surface area contributed by atoms with Gasteiger partial charge in [0.05, 0.1) is 35.3 Å². The van der Waals surface area contributed by atoms with Crippen LogP contribution in [-0.4, -0.2) is 65.2 Å². The molecule has 0 aromatic heterocycles. The Labute approximate surface area is 186 Å². The molecule has 3 saturated heterocycles. The number of carbonyl (C=O) groups is 3. The molecule has 0 aliphatic carbocycles. The number of amides is 3. The average Bonchev–Trinajstić information content (AvgIpc) is 3.37. The lowest BCUT2D eigenvalue weighted by Crippen LogP contribution is -2.54. The van der Waals surface area contributed by atoms with Crippen molar-refractivity contribution in [3.05, 3.63) is 28.8 Å². The van der Waals surface area contributed by atoms with Crippen LogP contribution in [0.1, 0.15) is 31.7 Å². The third kappa shape index (κ3) is 3.41. The predicted octanol–water partition coefficient (Wildman–Crippen LogP) is 1.48. The Balaban J connectivity index is 1.68. The number of halogens is 1. The lowest BCUT2D eigenvalue weighted by molar-refractivity contribution is -0.141. The Kier molecular flexibility index (Phi) is 5.98. The van der Waals surface area contributed by atoms with Gasteiger partial charge in [0.15, 0.2) is 0 Å². The van der Waals surface area contributed by atoms with E-state index in [1.54, 1.807) is 12.1 Å². The standard InChI is InChI=1S/C22H28ClN3O5/c1-3-9-24-19(28)15-14-7-8-22(31-14)16(15)21(30)26(10-11-27)18(22)20(29)25-17-12(2)5-4-6-13(17)23/h4-6,14-16,18,27H,3,7-11H2,1-2H3,(H,24,28)(H,25,29)/t14-,15+,16-,18?,22?/m0/s1. The fraction of sp³-hybridized carbons (Fsp3) is 0.591. The van der Waals surface area contributed by atoms with Gasteiger partial charge in [-0.15, -0.1) is 0 Å². The van der Waals surface area contributed by atoms with Gasteiger partial charge in [0, 0.05) is 13.1 Å². The number of hydrogen-bond acceptors (Lipinski definition) is 5. The average molecular weight is 450 g/mol. The van der Waals surface area contributed by atoms with Crippen LogP contribution in [0.5, 0.6) is 0 Å². The lowest BCUT2D eigenvalue weighted by atomic mass is 9.70. The first-order valence-corrected chi connectivity index (χ1v) is 11.2. The van der Waals surface area contributed by atoms with Crippen molar-refractivity contribution in [2.75, 3.05) is 25.0 Å². The second kappa shape index (κ2) is 8.41. The molecule has 2 bridgehead atoms. The maximum Gasteiger partial charge on any atom is 0.250 e. The van der Waals surface area contributed by atoms with Gasteiger partial charge in [-0.25, -0.2) is 0 Å². The zero-order valence-corrected chi connectivity index (χ0v) is 18.4. The van der Waals surface area contributed by atoms with Gasteiger partial charge in [0.25, 0.3) is 0 Å². The van der Waals surface area contributed by atoms with Crippen LogP contribution >= 0.6 is 11.6 Å². The third-order valence-electron chi connectivity index (χ3n) is 6.71.